The lowest BCUT2D eigenvalue weighted by Gasteiger charge is -2.09. The van der Waals surface area contributed by atoms with E-state index in [1.54, 1.807) is 19.2 Å². The Morgan fingerprint density at radius 3 is 2.50 bits per heavy atom. The smallest absolute Gasteiger partial charge is 0.337 e. The van der Waals surface area contributed by atoms with Gasteiger partial charge in [0.1, 0.15) is 12.8 Å². The molecule has 2 N–H and O–H groups in total. The fourth-order valence-corrected chi connectivity index (χ4v) is 2.33. The molecular weight excluding hydrogens is 276 g/mol. The molecule has 0 aliphatic heterocycles. The van der Waals surface area contributed by atoms with E-state index in [0.717, 1.165) is 16.3 Å². The highest BCUT2D eigenvalue weighted by Crippen LogP contribution is 2.33. The van der Waals surface area contributed by atoms with Gasteiger partial charge in [0.15, 0.2) is 6.72 Å². The quantitative estimate of drug-likeness (QED) is 0.364. The van der Waals surface area contributed by atoms with Gasteiger partial charge in [-0.3, -0.25) is 4.84 Å². The van der Waals surface area contributed by atoms with E-state index >= 15 is 0 Å². The van der Waals surface area contributed by atoms with Crippen LogP contribution in [0.2, 0.25) is 0 Å². The lowest BCUT2D eigenvalue weighted by atomic mass is 10.1. The first-order valence-electron chi connectivity index (χ1n) is 6.41. The normalized spacial score (nSPS) is 9.25. The maximum Gasteiger partial charge on any atom is 0.337 e. The number of nitrogens with one attached hydrogen (secondary N) is 1. The first kappa shape index (κ1) is 18.3. The van der Waals surface area contributed by atoms with Gasteiger partial charge in [0.25, 0.3) is 5.69 Å². The first-order chi connectivity index (χ1) is 9.54. The van der Waals surface area contributed by atoms with Crippen molar-refractivity contribution < 1.29 is 19.5 Å². The molecule has 0 saturated heterocycles. The van der Waals surface area contributed by atoms with Crippen molar-refractivity contribution >= 4 is 35.8 Å². The average molecular weight is 299 g/mol. The molecule has 0 saturated carbocycles. The molecule has 1 rings (SSSR count). The maximum absolute atomic E-state index is 11.2. The maximum atomic E-state index is 11.2. The molecular formula is C14H23N2O3S+. The van der Waals surface area contributed by atoms with E-state index < -0.39 is 5.97 Å². The molecule has 0 heterocycles. The highest BCUT2D eigenvalue weighted by Gasteiger charge is 2.21. The molecule has 6 heteroatoms. The summed E-state index contributed by atoms with van der Waals surface area (Å²) in [6.45, 7) is 9.66. The number of hydrogen-bond acceptors (Lipinski definition) is 4. The zero-order valence-electron chi connectivity index (χ0n) is 12.7. The molecule has 0 aliphatic rings. The minimum absolute atomic E-state index is 0.251. The third kappa shape index (κ3) is 4.45. The van der Waals surface area contributed by atoms with Crippen LogP contribution in [-0.2, 0) is 4.84 Å². The van der Waals surface area contributed by atoms with E-state index in [9.17, 15) is 9.90 Å². The van der Waals surface area contributed by atoms with E-state index in [1.807, 2.05) is 20.8 Å². The highest BCUT2D eigenvalue weighted by atomic mass is 32.2. The largest absolute Gasteiger partial charge is 0.478 e. The molecule has 0 radical (unpaired) electrons. The van der Waals surface area contributed by atoms with E-state index in [1.165, 1.54) is 23.6 Å². The molecule has 1 aromatic carbocycles. The number of benzene rings is 1. The molecule has 0 aliphatic carbocycles. The molecule has 5 nitrogen and oxygen atoms in total. The van der Waals surface area contributed by atoms with Crippen LogP contribution in [0.1, 0.15) is 31.1 Å². The molecule has 0 bridgehead atoms. The van der Waals surface area contributed by atoms with Crippen molar-refractivity contribution in [2.24, 2.45) is 0 Å². The standard InChI is InChI=1S/C12H16N2O3S.C2H6/c1-5-18-11-7-9(13-2)10(14(3)17-4)6-8(11)12(15)16;1-2/h6-7,13H,3,5H2,1-2,4H3;1-2H3/p+1. The molecule has 0 amide bonds. The van der Waals surface area contributed by atoms with Crippen LogP contribution in [0.5, 0.6) is 0 Å². The lowest BCUT2D eigenvalue weighted by Crippen LogP contribution is -2.07. The van der Waals surface area contributed by atoms with Crippen molar-refractivity contribution in [1.82, 2.24) is 0 Å². The van der Waals surface area contributed by atoms with Crippen molar-refractivity contribution in [2.45, 2.75) is 25.7 Å². The summed E-state index contributed by atoms with van der Waals surface area (Å²) in [5, 5.41) is 12.2. The van der Waals surface area contributed by atoms with Gasteiger partial charge >= 0.3 is 5.97 Å². The fourth-order valence-electron chi connectivity index (χ4n) is 1.52. The Morgan fingerprint density at radius 1 is 1.50 bits per heavy atom. The van der Waals surface area contributed by atoms with Gasteiger partial charge in [-0.15, -0.1) is 11.8 Å². The first-order valence-corrected chi connectivity index (χ1v) is 7.40. The third-order valence-corrected chi connectivity index (χ3v) is 3.32. The van der Waals surface area contributed by atoms with E-state index in [2.05, 4.69) is 12.0 Å². The van der Waals surface area contributed by atoms with Crippen LogP contribution in [0.15, 0.2) is 17.0 Å². The number of carboxylic acid groups (broad SMARTS) is 1. The third-order valence-electron chi connectivity index (χ3n) is 2.39. The fraction of sp³-hybridized carbons (Fsp3) is 0.429. The molecule has 1 aromatic rings. The number of carboxylic acids is 1. The summed E-state index contributed by atoms with van der Waals surface area (Å²) in [4.78, 5) is 17.0. The predicted octanol–water partition coefficient (Wildman–Crippen LogP) is 3.47. The zero-order valence-corrected chi connectivity index (χ0v) is 13.5. The Labute approximate surface area is 124 Å². The van der Waals surface area contributed by atoms with Gasteiger partial charge in [-0.25, -0.2) is 4.79 Å². The second-order valence-corrected chi connectivity index (χ2v) is 4.72. The van der Waals surface area contributed by atoms with Crippen LogP contribution in [-0.4, -0.2) is 42.4 Å². The topological polar surface area (TPSA) is 61.6 Å². The van der Waals surface area contributed by atoms with Gasteiger partial charge in [-0.05, 0) is 11.8 Å². The summed E-state index contributed by atoms with van der Waals surface area (Å²) >= 11 is 1.49. The molecule has 0 spiro atoms. The average Bonchev–Trinajstić information content (AvgIpc) is 2.48. The molecule has 0 atom stereocenters. The second-order valence-electron chi connectivity index (χ2n) is 3.41. The minimum Gasteiger partial charge on any atom is -0.478 e. The molecule has 20 heavy (non-hydrogen) atoms. The van der Waals surface area contributed by atoms with Gasteiger partial charge in [-0.2, -0.15) is 0 Å². The van der Waals surface area contributed by atoms with Crippen LogP contribution < -0.4 is 5.32 Å². The Morgan fingerprint density at radius 2 is 2.10 bits per heavy atom. The molecule has 0 fully saturated rings. The van der Waals surface area contributed by atoms with Crippen LogP contribution >= 0.6 is 11.8 Å². The number of thioether (sulfide) groups is 1. The summed E-state index contributed by atoms with van der Waals surface area (Å²) in [5.74, 6) is -0.152. The van der Waals surface area contributed by atoms with E-state index in [0.29, 0.717) is 5.69 Å². The number of anilines is 1. The number of hydrogen-bond donors (Lipinski definition) is 2. The van der Waals surface area contributed by atoms with Gasteiger partial charge in [0, 0.05) is 22.7 Å². The van der Waals surface area contributed by atoms with Crippen LogP contribution in [0.25, 0.3) is 0 Å². The predicted molar refractivity (Wildman–Crippen MR) is 84.7 cm³/mol. The zero-order chi connectivity index (χ0) is 15.7. The molecule has 0 aromatic heterocycles. The Kier molecular flexibility index (Phi) is 8.47. The van der Waals surface area contributed by atoms with Crippen LogP contribution in [0.4, 0.5) is 11.4 Å². The number of aromatic carboxylic acids is 1. The Balaban J connectivity index is 0.00000172. The highest BCUT2D eigenvalue weighted by molar-refractivity contribution is 7.99. The Bertz CT molecular complexity index is 476. The summed E-state index contributed by atoms with van der Waals surface area (Å²) in [7, 11) is 3.24. The lowest BCUT2D eigenvalue weighted by molar-refractivity contribution is -0.713. The minimum atomic E-state index is -0.959. The monoisotopic (exact) mass is 299 g/mol. The van der Waals surface area contributed by atoms with Crippen molar-refractivity contribution in [3.8, 4) is 0 Å². The van der Waals surface area contributed by atoms with E-state index in [4.69, 9.17) is 4.84 Å². The van der Waals surface area contributed by atoms with Crippen molar-refractivity contribution in [3.63, 3.8) is 0 Å². The van der Waals surface area contributed by atoms with Gasteiger partial charge in [0.05, 0.1) is 5.56 Å². The number of nitrogens with zero attached hydrogens (tertiary/aromatic N) is 1. The van der Waals surface area contributed by atoms with Gasteiger partial charge in [0.2, 0.25) is 0 Å². The number of rotatable bonds is 6. The number of carbonyl (C=O) groups is 1. The summed E-state index contributed by atoms with van der Waals surface area (Å²) < 4.78 is 1.28. The second kappa shape index (κ2) is 9.25. The SMILES string of the molecule is C=[N+](OC)c1cc(C(=O)O)c(SCC)cc1NC.CC. The van der Waals surface area contributed by atoms with Gasteiger partial charge in [-0.1, -0.05) is 20.8 Å². The van der Waals surface area contributed by atoms with Crippen molar-refractivity contribution in [1.29, 1.82) is 0 Å². The summed E-state index contributed by atoms with van der Waals surface area (Å²) in [6.07, 6.45) is 0. The van der Waals surface area contributed by atoms with Gasteiger partial charge < -0.3 is 10.4 Å². The summed E-state index contributed by atoms with van der Waals surface area (Å²) in [5.41, 5.74) is 1.60. The van der Waals surface area contributed by atoms with Crippen molar-refractivity contribution in [3.05, 3.63) is 17.7 Å². The molecule has 0 unspecified atom stereocenters. The van der Waals surface area contributed by atoms with E-state index in [-0.39, 0.29) is 5.56 Å². The van der Waals surface area contributed by atoms with Crippen LogP contribution in [0, 0.1) is 0 Å². The molecule has 112 valence electrons. The summed E-state index contributed by atoms with van der Waals surface area (Å²) in [6, 6.07) is 3.35. The van der Waals surface area contributed by atoms with Crippen LogP contribution in [0.3, 0.4) is 0 Å². The van der Waals surface area contributed by atoms with Crippen molar-refractivity contribution in [2.75, 3.05) is 25.2 Å². The Hall–Kier alpha value is -1.69.